The highest BCUT2D eigenvalue weighted by molar-refractivity contribution is 5.96. The number of hydrogen-bond acceptors (Lipinski definition) is 4. The summed E-state index contributed by atoms with van der Waals surface area (Å²) >= 11 is 0. The first-order valence-electron chi connectivity index (χ1n) is 7.76. The number of non-ortho nitro benzene ring substituents is 1. The van der Waals surface area contributed by atoms with Gasteiger partial charge in [0.25, 0.3) is 11.5 Å². The van der Waals surface area contributed by atoms with Crippen molar-refractivity contribution in [3.8, 4) is 5.69 Å². The number of aryl methyl sites for hydroxylation is 1. The van der Waals surface area contributed by atoms with Gasteiger partial charge in [0, 0.05) is 36.6 Å². The summed E-state index contributed by atoms with van der Waals surface area (Å²) in [6.07, 6.45) is 0. The number of benzene rings is 2. The molecular formula is C18H17N4O3+. The van der Waals surface area contributed by atoms with Gasteiger partial charge in [-0.05, 0) is 24.3 Å². The number of para-hydroxylation sites is 1. The standard InChI is InChI=1S/C18H17N4O3/c1-13-19-20(14(2)21(13)16-6-4-3-5-7-16)12-18(23)15-8-10-17(11-9-15)22(24)25/h3-11H,12H2,1-2H3/q+1. The zero-order valence-electron chi connectivity index (χ0n) is 13.9. The number of aromatic nitrogens is 3. The number of hydrogen-bond donors (Lipinski definition) is 0. The molecule has 0 N–H and O–H groups in total. The second-order valence-corrected chi connectivity index (χ2v) is 5.65. The van der Waals surface area contributed by atoms with E-state index in [1.807, 2.05) is 48.7 Å². The summed E-state index contributed by atoms with van der Waals surface area (Å²) in [5.41, 5.74) is 1.36. The molecule has 0 aliphatic carbocycles. The molecular weight excluding hydrogens is 320 g/mol. The number of rotatable bonds is 5. The van der Waals surface area contributed by atoms with E-state index in [2.05, 4.69) is 5.10 Å². The molecule has 0 bridgehead atoms. The van der Waals surface area contributed by atoms with Crippen LogP contribution in [0.1, 0.15) is 22.0 Å². The molecule has 0 spiro atoms. The molecule has 1 aromatic heterocycles. The first-order chi connectivity index (χ1) is 12.0. The Morgan fingerprint density at radius 1 is 1.12 bits per heavy atom. The van der Waals surface area contributed by atoms with Gasteiger partial charge in [0.05, 0.1) is 4.92 Å². The van der Waals surface area contributed by atoms with Gasteiger partial charge in [-0.1, -0.05) is 18.2 Å². The Morgan fingerprint density at radius 2 is 1.76 bits per heavy atom. The lowest BCUT2D eigenvalue weighted by Gasteiger charge is -2.01. The van der Waals surface area contributed by atoms with Crippen LogP contribution in [-0.4, -0.2) is 20.5 Å². The molecule has 0 saturated heterocycles. The number of carbonyl (C=O) groups is 1. The largest absolute Gasteiger partial charge is 0.290 e. The topological polar surface area (TPSA) is 81.9 Å². The molecule has 0 amide bonds. The molecule has 7 heteroatoms. The van der Waals surface area contributed by atoms with Gasteiger partial charge >= 0.3 is 0 Å². The van der Waals surface area contributed by atoms with E-state index in [1.54, 1.807) is 4.68 Å². The SMILES string of the molecule is Cc1nn(CC(=O)c2ccc([N+](=O)[O-])cc2)c(C)[n+]1-c1ccccc1. The number of nitro benzene ring substituents is 1. The lowest BCUT2D eigenvalue weighted by molar-refractivity contribution is -0.610. The van der Waals surface area contributed by atoms with Gasteiger partial charge in [0.15, 0.2) is 12.3 Å². The summed E-state index contributed by atoms with van der Waals surface area (Å²) in [7, 11) is 0. The first kappa shape index (κ1) is 16.5. The van der Waals surface area contributed by atoms with E-state index in [4.69, 9.17) is 0 Å². The van der Waals surface area contributed by atoms with Crippen LogP contribution in [0.3, 0.4) is 0 Å². The molecule has 0 radical (unpaired) electrons. The minimum Gasteiger partial charge on any atom is -0.290 e. The maximum atomic E-state index is 12.5. The Balaban J connectivity index is 1.86. The average molecular weight is 337 g/mol. The number of nitrogens with zero attached hydrogens (tertiary/aromatic N) is 4. The first-order valence-corrected chi connectivity index (χ1v) is 7.76. The Hall–Kier alpha value is -3.35. The van der Waals surface area contributed by atoms with E-state index in [-0.39, 0.29) is 18.0 Å². The van der Waals surface area contributed by atoms with Crippen molar-refractivity contribution in [2.45, 2.75) is 20.4 Å². The van der Waals surface area contributed by atoms with Gasteiger partial charge in [0.2, 0.25) is 5.82 Å². The maximum Gasteiger partial charge on any atom is 0.279 e. The Bertz CT molecular complexity index is 931. The van der Waals surface area contributed by atoms with Crippen molar-refractivity contribution in [2.75, 3.05) is 0 Å². The fourth-order valence-electron chi connectivity index (χ4n) is 2.74. The van der Waals surface area contributed by atoms with Crippen molar-refractivity contribution in [1.82, 2.24) is 9.78 Å². The van der Waals surface area contributed by atoms with Crippen LogP contribution in [0.15, 0.2) is 54.6 Å². The minimum atomic E-state index is -0.488. The molecule has 126 valence electrons. The third-order valence-electron chi connectivity index (χ3n) is 3.99. The van der Waals surface area contributed by atoms with E-state index in [0.29, 0.717) is 5.56 Å². The number of carbonyl (C=O) groups excluding carboxylic acids is 1. The van der Waals surface area contributed by atoms with Crippen molar-refractivity contribution >= 4 is 11.5 Å². The highest BCUT2D eigenvalue weighted by Crippen LogP contribution is 2.13. The number of Topliss-reactive ketones (excluding diaryl/α,β-unsaturated/α-hetero) is 1. The molecule has 3 rings (SSSR count). The molecule has 1 heterocycles. The van der Waals surface area contributed by atoms with E-state index in [0.717, 1.165) is 17.3 Å². The lowest BCUT2D eigenvalue weighted by atomic mass is 10.1. The molecule has 0 aliphatic rings. The van der Waals surface area contributed by atoms with Crippen LogP contribution in [0.4, 0.5) is 5.69 Å². The predicted molar refractivity (Wildman–Crippen MR) is 90.7 cm³/mol. The molecule has 7 nitrogen and oxygen atoms in total. The summed E-state index contributed by atoms with van der Waals surface area (Å²) in [6.45, 7) is 3.85. The average Bonchev–Trinajstić information content (AvgIpc) is 2.89. The fourth-order valence-corrected chi connectivity index (χ4v) is 2.74. The fraction of sp³-hybridized carbons (Fsp3) is 0.167. The lowest BCUT2D eigenvalue weighted by Crippen LogP contribution is -2.36. The number of ketones is 1. The molecule has 0 aliphatic heterocycles. The van der Waals surface area contributed by atoms with Gasteiger partial charge in [0.1, 0.15) is 5.69 Å². The normalized spacial score (nSPS) is 10.6. The van der Waals surface area contributed by atoms with Crippen molar-refractivity contribution in [3.05, 3.63) is 81.9 Å². The highest BCUT2D eigenvalue weighted by atomic mass is 16.6. The van der Waals surface area contributed by atoms with Crippen LogP contribution >= 0.6 is 0 Å². The van der Waals surface area contributed by atoms with Crippen molar-refractivity contribution in [3.63, 3.8) is 0 Å². The Morgan fingerprint density at radius 3 is 2.36 bits per heavy atom. The highest BCUT2D eigenvalue weighted by Gasteiger charge is 2.23. The van der Waals surface area contributed by atoms with Crippen LogP contribution in [0.2, 0.25) is 0 Å². The quantitative estimate of drug-likeness (QED) is 0.310. The van der Waals surface area contributed by atoms with Gasteiger partial charge in [-0.25, -0.2) is 0 Å². The second-order valence-electron chi connectivity index (χ2n) is 5.65. The van der Waals surface area contributed by atoms with Crippen LogP contribution < -0.4 is 4.57 Å². The monoisotopic (exact) mass is 337 g/mol. The van der Waals surface area contributed by atoms with Crippen LogP contribution in [0, 0.1) is 24.0 Å². The molecule has 0 atom stereocenters. The second kappa shape index (κ2) is 6.64. The van der Waals surface area contributed by atoms with Crippen LogP contribution in [0.5, 0.6) is 0 Å². The minimum absolute atomic E-state index is 0.0374. The summed E-state index contributed by atoms with van der Waals surface area (Å²) in [6, 6.07) is 15.4. The molecule has 25 heavy (non-hydrogen) atoms. The predicted octanol–water partition coefficient (Wildman–Crippen LogP) is 2.57. The third-order valence-corrected chi connectivity index (χ3v) is 3.99. The van der Waals surface area contributed by atoms with E-state index in [1.165, 1.54) is 24.3 Å². The maximum absolute atomic E-state index is 12.5. The zero-order valence-corrected chi connectivity index (χ0v) is 13.9. The van der Waals surface area contributed by atoms with Gasteiger partial charge < -0.3 is 0 Å². The molecule has 0 unspecified atom stereocenters. The summed E-state index contributed by atoms with van der Waals surface area (Å²) in [4.78, 5) is 22.7. The van der Waals surface area contributed by atoms with E-state index in [9.17, 15) is 14.9 Å². The van der Waals surface area contributed by atoms with Gasteiger partial charge in [-0.2, -0.15) is 4.57 Å². The molecule has 2 aromatic carbocycles. The molecule has 3 aromatic rings. The summed E-state index contributed by atoms with van der Waals surface area (Å²) < 4.78 is 3.62. The molecule has 0 fully saturated rings. The summed E-state index contributed by atoms with van der Waals surface area (Å²) in [5, 5.41) is 15.1. The van der Waals surface area contributed by atoms with Crippen LogP contribution in [0.25, 0.3) is 5.69 Å². The van der Waals surface area contributed by atoms with E-state index < -0.39 is 4.92 Å². The Labute approximate surface area is 144 Å². The van der Waals surface area contributed by atoms with Crippen molar-refractivity contribution < 1.29 is 14.3 Å². The van der Waals surface area contributed by atoms with Crippen molar-refractivity contribution in [2.24, 2.45) is 0 Å². The zero-order chi connectivity index (χ0) is 18.0. The van der Waals surface area contributed by atoms with E-state index >= 15 is 0 Å². The van der Waals surface area contributed by atoms with Crippen LogP contribution in [-0.2, 0) is 6.54 Å². The number of nitro groups is 1. The van der Waals surface area contributed by atoms with Gasteiger partial charge in [-0.3, -0.25) is 14.9 Å². The summed E-state index contributed by atoms with van der Waals surface area (Å²) in [5.74, 6) is 1.46. The third kappa shape index (κ3) is 3.30. The van der Waals surface area contributed by atoms with Gasteiger partial charge in [-0.15, -0.1) is 4.68 Å². The van der Waals surface area contributed by atoms with Crippen molar-refractivity contribution in [1.29, 1.82) is 0 Å². The Kier molecular flexibility index (Phi) is 4.38. The molecule has 0 saturated carbocycles. The smallest absolute Gasteiger partial charge is 0.279 e.